The molecule has 0 saturated carbocycles. The molecule has 2 aromatic carbocycles. The van der Waals surface area contributed by atoms with Gasteiger partial charge in [0, 0.05) is 10.0 Å². The second-order valence-electron chi connectivity index (χ2n) is 4.38. The highest BCUT2D eigenvalue weighted by atomic mass is 35.5. The van der Waals surface area contributed by atoms with Crippen molar-refractivity contribution in [3.05, 3.63) is 70.2 Å². The summed E-state index contributed by atoms with van der Waals surface area (Å²) in [5.74, 6) is 0. The van der Waals surface area contributed by atoms with Crippen LogP contribution in [-0.2, 0) is 10.0 Å². The predicted octanol–water partition coefficient (Wildman–Crippen LogP) is 5.03. The fourth-order valence-corrected chi connectivity index (χ4v) is 4.24. The molecule has 0 aromatic heterocycles. The summed E-state index contributed by atoms with van der Waals surface area (Å²) in [5.41, 5.74) is 0.420. The smallest absolute Gasteiger partial charge is 0.262 e. The molecule has 2 rings (SSSR count). The molecule has 0 heterocycles. The molecule has 0 atom stereocenters. The molecular formula is C15H12Cl3NO2S. The highest BCUT2D eigenvalue weighted by molar-refractivity contribution is 7.93. The van der Waals surface area contributed by atoms with Gasteiger partial charge in [-0.15, -0.1) is 6.58 Å². The number of benzene rings is 2. The lowest BCUT2D eigenvalue weighted by atomic mass is 10.3. The van der Waals surface area contributed by atoms with E-state index in [9.17, 15) is 8.42 Å². The van der Waals surface area contributed by atoms with Gasteiger partial charge < -0.3 is 0 Å². The average Bonchev–Trinajstić information content (AvgIpc) is 2.47. The minimum atomic E-state index is -3.90. The van der Waals surface area contributed by atoms with Gasteiger partial charge in [-0.3, -0.25) is 4.31 Å². The zero-order chi connectivity index (χ0) is 16.3. The van der Waals surface area contributed by atoms with E-state index < -0.39 is 10.0 Å². The Balaban J connectivity index is 2.60. The maximum absolute atomic E-state index is 12.9. The first kappa shape index (κ1) is 17.2. The van der Waals surface area contributed by atoms with Gasteiger partial charge in [-0.05, 0) is 36.4 Å². The van der Waals surface area contributed by atoms with E-state index in [0.717, 1.165) is 0 Å². The van der Waals surface area contributed by atoms with Crippen molar-refractivity contribution < 1.29 is 8.42 Å². The average molecular weight is 377 g/mol. The molecule has 0 N–H and O–H groups in total. The Morgan fingerprint density at radius 3 is 2.36 bits per heavy atom. The van der Waals surface area contributed by atoms with Gasteiger partial charge in [0.25, 0.3) is 10.0 Å². The summed E-state index contributed by atoms with van der Waals surface area (Å²) in [6, 6.07) is 10.8. The van der Waals surface area contributed by atoms with Crippen LogP contribution in [0, 0.1) is 0 Å². The summed E-state index contributed by atoms with van der Waals surface area (Å²) in [4.78, 5) is -0.0662. The molecule has 0 bridgehead atoms. The molecule has 22 heavy (non-hydrogen) atoms. The third kappa shape index (κ3) is 3.58. The van der Waals surface area contributed by atoms with Crippen LogP contribution in [0.4, 0.5) is 5.69 Å². The van der Waals surface area contributed by atoms with E-state index in [0.29, 0.717) is 10.7 Å². The third-order valence-electron chi connectivity index (χ3n) is 2.85. The lowest BCUT2D eigenvalue weighted by molar-refractivity contribution is 0.593. The Hall–Kier alpha value is -1.20. The van der Waals surface area contributed by atoms with Crippen molar-refractivity contribution in [2.24, 2.45) is 0 Å². The Labute approximate surface area is 144 Å². The number of hydrogen-bond acceptors (Lipinski definition) is 2. The Morgan fingerprint density at radius 1 is 1.05 bits per heavy atom. The van der Waals surface area contributed by atoms with Crippen molar-refractivity contribution in [1.82, 2.24) is 0 Å². The van der Waals surface area contributed by atoms with E-state index in [1.165, 1.54) is 28.6 Å². The Morgan fingerprint density at radius 2 is 1.73 bits per heavy atom. The quantitative estimate of drug-likeness (QED) is 0.686. The summed E-state index contributed by atoms with van der Waals surface area (Å²) >= 11 is 17.9. The number of nitrogens with zero attached hydrogens (tertiary/aromatic N) is 1. The number of halogens is 3. The first-order chi connectivity index (χ1) is 10.4. The molecule has 0 aliphatic heterocycles. The van der Waals surface area contributed by atoms with Crippen LogP contribution in [-0.4, -0.2) is 15.0 Å². The largest absolute Gasteiger partial charge is 0.266 e. The lowest BCUT2D eigenvalue weighted by Crippen LogP contribution is -2.31. The molecule has 2 aromatic rings. The fraction of sp³-hybridized carbons (Fsp3) is 0.0667. The monoisotopic (exact) mass is 375 g/mol. The van der Waals surface area contributed by atoms with Crippen molar-refractivity contribution in [3.8, 4) is 0 Å². The van der Waals surface area contributed by atoms with Crippen molar-refractivity contribution in [1.29, 1.82) is 0 Å². The van der Waals surface area contributed by atoms with Gasteiger partial charge in [0.1, 0.15) is 4.90 Å². The molecule has 0 aliphatic rings. The fourth-order valence-electron chi connectivity index (χ4n) is 1.88. The predicted molar refractivity (Wildman–Crippen MR) is 92.6 cm³/mol. The van der Waals surface area contributed by atoms with Crippen molar-refractivity contribution >= 4 is 50.5 Å². The minimum absolute atomic E-state index is 0.0662. The Kier molecular flexibility index (Phi) is 5.40. The molecule has 0 unspecified atom stereocenters. The van der Waals surface area contributed by atoms with Gasteiger partial charge in [-0.2, -0.15) is 0 Å². The van der Waals surface area contributed by atoms with E-state index in [-0.39, 0.29) is 21.5 Å². The Bertz CT molecular complexity index is 806. The normalized spacial score (nSPS) is 11.2. The van der Waals surface area contributed by atoms with Gasteiger partial charge in [0.05, 0.1) is 17.3 Å². The summed E-state index contributed by atoms with van der Waals surface area (Å²) in [5, 5.41) is 0.812. The van der Waals surface area contributed by atoms with E-state index in [4.69, 9.17) is 34.8 Å². The lowest BCUT2D eigenvalue weighted by Gasteiger charge is -2.24. The standard InChI is InChI=1S/C15H12Cl3NO2S/c1-2-8-19(13-5-3-4-11(16)9-13)22(20,21)15-10-12(17)6-7-14(15)18/h2-7,9-10H,1,8H2. The van der Waals surface area contributed by atoms with Crippen molar-refractivity contribution in [2.75, 3.05) is 10.8 Å². The number of sulfonamides is 1. The molecule has 0 radical (unpaired) electrons. The second-order valence-corrected chi connectivity index (χ2v) is 7.49. The first-order valence-corrected chi connectivity index (χ1v) is 8.78. The number of rotatable bonds is 5. The molecule has 3 nitrogen and oxygen atoms in total. The molecule has 116 valence electrons. The highest BCUT2D eigenvalue weighted by Gasteiger charge is 2.26. The van der Waals surface area contributed by atoms with E-state index in [1.54, 1.807) is 24.3 Å². The molecule has 0 saturated heterocycles. The topological polar surface area (TPSA) is 37.4 Å². The van der Waals surface area contributed by atoms with Crippen LogP contribution < -0.4 is 4.31 Å². The van der Waals surface area contributed by atoms with Gasteiger partial charge in [0.15, 0.2) is 0 Å². The van der Waals surface area contributed by atoms with Gasteiger partial charge >= 0.3 is 0 Å². The first-order valence-electron chi connectivity index (χ1n) is 6.20. The van der Waals surface area contributed by atoms with Crippen LogP contribution >= 0.6 is 34.8 Å². The maximum atomic E-state index is 12.9. The van der Waals surface area contributed by atoms with Gasteiger partial charge in [0.2, 0.25) is 0 Å². The summed E-state index contributed by atoms with van der Waals surface area (Å²) in [6.45, 7) is 3.67. The molecule has 0 spiro atoms. The van der Waals surface area contributed by atoms with Crippen LogP contribution in [0.3, 0.4) is 0 Å². The number of hydrogen-bond donors (Lipinski definition) is 0. The summed E-state index contributed by atoms with van der Waals surface area (Å²) in [7, 11) is -3.90. The summed E-state index contributed by atoms with van der Waals surface area (Å²) < 4.78 is 27.0. The highest BCUT2D eigenvalue weighted by Crippen LogP contribution is 2.31. The maximum Gasteiger partial charge on any atom is 0.266 e. The molecule has 0 aliphatic carbocycles. The van der Waals surface area contributed by atoms with E-state index in [1.807, 2.05) is 0 Å². The van der Waals surface area contributed by atoms with Crippen LogP contribution in [0.2, 0.25) is 15.1 Å². The number of anilines is 1. The van der Waals surface area contributed by atoms with Crippen molar-refractivity contribution in [3.63, 3.8) is 0 Å². The van der Waals surface area contributed by atoms with Crippen molar-refractivity contribution in [2.45, 2.75) is 4.90 Å². The molecule has 0 amide bonds. The molecule has 7 heteroatoms. The van der Waals surface area contributed by atoms with Crippen LogP contribution in [0.1, 0.15) is 0 Å². The zero-order valence-corrected chi connectivity index (χ0v) is 14.4. The van der Waals surface area contributed by atoms with E-state index in [2.05, 4.69) is 6.58 Å². The molecular weight excluding hydrogens is 365 g/mol. The second kappa shape index (κ2) is 6.92. The zero-order valence-electron chi connectivity index (χ0n) is 11.3. The van der Waals surface area contributed by atoms with Crippen LogP contribution in [0.5, 0.6) is 0 Å². The SMILES string of the molecule is C=CCN(c1cccc(Cl)c1)S(=O)(=O)c1cc(Cl)ccc1Cl. The van der Waals surface area contributed by atoms with Crippen LogP contribution in [0.25, 0.3) is 0 Å². The minimum Gasteiger partial charge on any atom is -0.262 e. The third-order valence-corrected chi connectivity index (χ3v) is 5.60. The van der Waals surface area contributed by atoms with Gasteiger partial charge in [-0.25, -0.2) is 8.42 Å². The van der Waals surface area contributed by atoms with Crippen LogP contribution in [0.15, 0.2) is 60.0 Å². The van der Waals surface area contributed by atoms with Gasteiger partial charge in [-0.1, -0.05) is 46.9 Å². The summed E-state index contributed by atoms with van der Waals surface area (Å²) in [6.07, 6.45) is 1.48. The van der Waals surface area contributed by atoms with E-state index >= 15 is 0 Å². The molecule has 0 fully saturated rings.